The summed E-state index contributed by atoms with van der Waals surface area (Å²) in [5.41, 5.74) is -8.19. The zero-order valence-corrected chi connectivity index (χ0v) is 48.6. The van der Waals surface area contributed by atoms with E-state index in [2.05, 4.69) is 21.3 Å². The summed E-state index contributed by atoms with van der Waals surface area (Å²) < 4.78 is 0. The summed E-state index contributed by atoms with van der Waals surface area (Å²) in [6.07, 6.45) is 0. The van der Waals surface area contributed by atoms with Gasteiger partial charge in [0.25, 0.3) is 47.3 Å². The minimum Gasteiger partial charge on any atom is -0.592 e. The van der Waals surface area contributed by atoms with E-state index in [1.54, 1.807) is 0 Å². The second-order valence-corrected chi connectivity index (χ2v) is 10.6. The molecule has 24 nitrogen and oxygen atoms in total. The molecular formula is C28H24N8O16Y6-8. The standard InChI is InChI=1S/4C6H4N2O4.4CH3.6Y/c4*1-8-4(11)6(5(8)12)2(9)7-3(6)10;;;;;;;;;;/h4*1H3,(H,7,9,10);4*1H3;;;;;;/q;;;;4*-1;;;;;;/p-4. The molecule has 0 unspecified atom stereocenters. The Labute approximate surface area is 480 Å². The summed E-state index contributed by atoms with van der Waals surface area (Å²) in [7, 11) is 4.87. The van der Waals surface area contributed by atoms with Gasteiger partial charge in [-0.05, 0) is 0 Å². The third-order valence-corrected chi connectivity index (χ3v) is 8.38. The van der Waals surface area contributed by atoms with Gasteiger partial charge in [0.1, 0.15) is 0 Å². The zero-order chi connectivity index (χ0) is 36.4. The fourth-order valence-electron chi connectivity index (χ4n) is 5.19. The van der Waals surface area contributed by atoms with Crippen LogP contribution in [-0.2, 0) is 273 Å². The van der Waals surface area contributed by atoms with E-state index in [4.69, 9.17) is 0 Å². The van der Waals surface area contributed by atoms with Gasteiger partial charge in [0.2, 0.25) is 21.7 Å². The van der Waals surface area contributed by atoms with Gasteiger partial charge in [-0.25, -0.2) is 0 Å². The number of imide groups is 8. The van der Waals surface area contributed by atoms with Crippen molar-refractivity contribution in [2.24, 2.45) is 21.7 Å². The maximum absolute atomic E-state index is 11.0. The van der Waals surface area contributed by atoms with Crippen molar-refractivity contribution in [3.05, 3.63) is 51.0 Å². The van der Waals surface area contributed by atoms with Crippen LogP contribution in [0.15, 0.2) is 0 Å². The third kappa shape index (κ3) is 8.09. The molecule has 0 N–H and O–H groups in total. The number of hydrogen-bond acceptors (Lipinski definition) is 16. The third-order valence-electron chi connectivity index (χ3n) is 8.38. The molecule has 0 aromatic carbocycles. The van der Waals surface area contributed by atoms with Crippen LogP contribution in [0.5, 0.6) is 0 Å². The Morgan fingerprint density at radius 1 is 0.259 bits per heavy atom. The van der Waals surface area contributed by atoms with Crippen molar-refractivity contribution in [1.82, 2.24) is 19.6 Å². The second kappa shape index (κ2) is 22.9. The molecule has 0 aromatic rings. The molecule has 58 heavy (non-hydrogen) atoms. The quantitative estimate of drug-likeness (QED) is 0.125. The van der Waals surface area contributed by atoms with Crippen molar-refractivity contribution in [3.63, 3.8) is 0 Å². The van der Waals surface area contributed by atoms with Crippen LogP contribution in [0.1, 0.15) is 0 Å². The van der Waals surface area contributed by atoms with Crippen molar-refractivity contribution in [2.45, 2.75) is 0 Å². The Bertz CT molecular complexity index is 1560. The van der Waals surface area contributed by atoms with E-state index in [0.717, 1.165) is 19.6 Å². The van der Waals surface area contributed by atoms with Crippen molar-refractivity contribution >= 4 is 94.5 Å². The molecule has 298 valence electrons. The van der Waals surface area contributed by atoms with Crippen molar-refractivity contribution in [3.8, 4) is 0 Å². The Morgan fingerprint density at radius 2 is 0.345 bits per heavy atom. The average molecular weight is 1260 g/mol. The molecule has 8 heterocycles. The number of nitrogens with zero attached hydrogens (tertiary/aromatic N) is 8. The van der Waals surface area contributed by atoms with Crippen LogP contribution in [0.2, 0.25) is 0 Å². The smallest absolute Gasteiger partial charge is 0.256 e. The SMILES string of the molecule is CN1C(=O)C2(C(=O)[N-]C2=O)C1=O.CN1C(=O)C2(C(=O)[N-]C2=O)C1=O.CN1C(=O)C2(C(=O)[N-]C2=O)C1=O.CN1C(=O)C2(C(=O)[N-]C2=O)C1=O.[CH3-].[CH3-].[CH3-].[CH3-].[Y].[Y].[Y].[Y].[Y].[Y]. The molecule has 30 heteroatoms. The normalized spacial score (nSPS) is 20.9. The monoisotopic (exact) mass is 1260 g/mol. The van der Waals surface area contributed by atoms with E-state index >= 15 is 0 Å². The molecule has 0 bridgehead atoms. The Balaban J connectivity index is -0.000000147. The summed E-state index contributed by atoms with van der Waals surface area (Å²) in [5, 5.41) is 11.5. The number of hydrogen-bond donors (Lipinski definition) is 0. The van der Waals surface area contributed by atoms with Gasteiger partial charge >= 0.3 is 0 Å². The van der Waals surface area contributed by atoms with E-state index in [9.17, 15) is 76.7 Å². The summed E-state index contributed by atoms with van der Waals surface area (Å²) in [6.45, 7) is 0. The first-order valence-corrected chi connectivity index (χ1v) is 12.6. The second-order valence-electron chi connectivity index (χ2n) is 10.6. The molecule has 8 saturated heterocycles. The largest absolute Gasteiger partial charge is 0.592 e. The topological polar surface area (TPSA) is 342 Å². The number of carbonyl (C=O) groups excluding carboxylic acids is 16. The molecule has 0 aromatic heterocycles. The Morgan fingerprint density at radius 3 is 0.397 bits per heavy atom. The van der Waals surface area contributed by atoms with Crippen molar-refractivity contribution in [2.75, 3.05) is 28.2 Å². The molecule has 4 spiro atoms. The predicted octanol–water partition coefficient (Wildman–Crippen LogP) is -4.57. The van der Waals surface area contributed by atoms with E-state index in [1.165, 1.54) is 28.2 Å². The number of β-lactam (4-membered cyclic amide) rings is 16. The van der Waals surface area contributed by atoms with Gasteiger partial charge in [0, 0.05) is 224 Å². The molecule has 8 aliphatic rings. The molecule has 0 atom stereocenters. The molecular weight excluding hydrogens is 1240 g/mol. The fraction of sp³-hybridized carbons (Fsp3) is 0.286. The van der Waals surface area contributed by atoms with E-state index in [1.807, 2.05) is 0 Å². The molecule has 0 aliphatic carbocycles. The molecule has 8 aliphatic heterocycles. The maximum Gasteiger partial charge on any atom is 0.256 e. The van der Waals surface area contributed by atoms with Crippen LogP contribution in [0.3, 0.4) is 0 Å². The van der Waals surface area contributed by atoms with Crippen LogP contribution >= 0.6 is 0 Å². The van der Waals surface area contributed by atoms with Crippen LogP contribution in [0.25, 0.3) is 21.3 Å². The van der Waals surface area contributed by atoms with Gasteiger partial charge in [-0.1, -0.05) is 0 Å². The molecule has 0 saturated carbocycles. The first-order chi connectivity index (χ1) is 22.1. The van der Waals surface area contributed by atoms with E-state index in [-0.39, 0.29) is 226 Å². The summed E-state index contributed by atoms with van der Waals surface area (Å²) in [4.78, 5) is 177. The van der Waals surface area contributed by atoms with Gasteiger partial charge < -0.3 is 89.3 Å². The Kier molecular flexibility index (Phi) is 27.4. The van der Waals surface area contributed by atoms with E-state index < -0.39 is 116 Å². The number of rotatable bonds is 0. The average Bonchev–Trinajstić information content (AvgIpc) is 3.05. The molecule has 8 fully saturated rings. The number of amides is 16. The minimum atomic E-state index is -2.05. The summed E-state index contributed by atoms with van der Waals surface area (Å²) in [5.74, 6) is -13.6. The van der Waals surface area contributed by atoms with Gasteiger partial charge in [0.05, 0.1) is 47.3 Å². The zero-order valence-electron chi connectivity index (χ0n) is 31.6. The summed E-state index contributed by atoms with van der Waals surface area (Å²) >= 11 is 0. The molecule has 8 rings (SSSR count). The van der Waals surface area contributed by atoms with Crippen LogP contribution < -0.4 is 0 Å². The predicted molar refractivity (Wildman–Crippen MR) is 160 cm³/mol. The van der Waals surface area contributed by atoms with Crippen LogP contribution in [-0.4, -0.2) is 142 Å². The maximum atomic E-state index is 11.0. The molecule has 16 amide bonds. The van der Waals surface area contributed by atoms with Crippen molar-refractivity contribution in [1.29, 1.82) is 0 Å². The fourth-order valence-corrected chi connectivity index (χ4v) is 5.19. The van der Waals surface area contributed by atoms with E-state index in [0.29, 0.717) is 0 Å². The number of likely N-dealkylation sites (tertiary alicyclic amines) is 4. The first kappa shape index (κ1) is 69.4. The first-order valence-electron chi connectivity index (χ1n) is 12.6. The van der Waals surface area contributed by atoms with Crippen LogP contribution in [0.4, 0.5) is 0 Å². The Hall–Kier alpha value is -0.257. The van der Waals surface area contributed by atoms with Gasteiger partial charge in [0.15, 0.2) is 0 Å². The minimum absolute atomic E-state index is 0. The van der Waals surface area contributed by atoms with Gasteiger partial charge in [-0.15, -0.1) is 0 Å². The number of carbonyl (C=O) groups is 16. The van der Waals surface area contributed by atoms with Crippen molar-refractivity contribution < 1.29 is 273 Å². The van der Waals surface area contributed by atoms with Gasteiger partial charge in [-0.3, -0.25) is 58.0 Å². The molecule has 6 radical (unpaired) electrons. The van der Waals surface area contributed by atoms with Gasteiger partial charge in [-0.2, -0.15) is 0 Å². The summed E-state index contributed by atoms with van der Waals surface area (Å²) in [6, 6.07) is 0. The van der Waals surface area contributed by atoms with Crippen LogP contribution in [0, 0.1) is 51.4 Å².